The summed E-state index contributed by atoms with van der Waals surface area (Å²) in [6.07, 6.45) is 1.79. The molecule has 2 amide bonds. The quantitative estimate of drug-likeness (QED) is 0.599. The van der Waals surface area contributed by atoms with Crippen LogP contribution in [-0.4, -0.2) is 53.4 Å². The van der Waals surface area contributed by atoms with E-state index in [0.717, 1.165) is 0 Å². The number of nitrogens with zero attached hydrogens (tertiary/aromatic N) is 1. The Bertz CT molecular complexity index is 289. The number of hydrogen-bond acceptors (Lipinski definition) is 3. The molecule has 1 aliphatic carbocycles. The van der Waals surface area contributed by atoms with E-state index in [4.69, 9.17) is 10.2 Å². The fraction of sp³-hybridized carbons (Fsp3) is 0.818. The van der Waals surface area contributed by atoms with E-state index in [1.165, 1.54) is 0 Å². The van der Waals surface area contributed by atoms with Crippen LogP contribution in [0, 0.1) is 5.41 Å². The molecule has 17 heavy (non-hydrogen) atoms. The van der Waals surface area contributed by atoms with Crippen molar-refractivity contribution in [2.45, 2.75) is 26.2 Å². The summed E-state index contributed by atoms with van der Waals surface area (Å²) in [5.74, 6) is -0.837. The summed E-state index contributed by atoms with van der Waals surface area (Å²) in [5, 5.41) is 20.3. The lowest BCUT2D eigenvalue weighted by Gasteiger charge is -2.22. The molecule has 0 atom stereocenters. The molecule has 0 bridgehead atoms. The van der Waals surface area contributed by atoms with Crippen LogP contribution in [0.3, 0.4) is 0 Å². The smallest absolute Gasteiger partial charge is 0.317 e. The number of aliphatic carboxylic acids is 1. The van der Waals surface area contributed by atoms with Gasteiger partial charge >= 0.3 is 12.0 Å². The molecule has 0 aliphatic heterocycles. The average Bonchev–Trinajstić information content (AvgIpc) is 3.08. The number of carboxylic acid groups (broad SMARTS) is 1. The van der Waals surface area contributed by atoms with Crippen LogP contribution < -0.4 is 5.32 Å². The van der Waals surface area contributed by atoms with Crippen molar-refractivity contribution in [3.8, 4) is 0 Å². The number of carbonyl (C=O) groups is 2. The van der Waals surface area contributed by atoms with Gasteiger partial charge in [0.05, 0.1) is 5.41 Å². The van der Waals surface area contributed by atoms with Gasteiger partial charge in [0.15, 0.2) is 0 Å². The third-order valence-electron chi connectivity index (χ3n) is 3.14. The molecule has 0 radical (unpaired) electrons. The molecule has 0 aromatic heterocycles. The molecule has 0 spiro atoms. The van der Waals surface area contributed by atoms with Crippen LogP contribution in [0.15, 0.2) is 0 Å². The van der Waals surface area contributed by atoms with Gasteiger partial charge in [-0.05, 0) is 26.2 Å². The zero-order chi connectivity index (χ0) is 12.9. The van der Waals surface area contributed by atoms with Gasteiger partial charge < -0.3 is 20.4 Å². The van der Waals surface area contributed by atoms with E-state index in [1.54, 1.807) is 4.90 Å². The fourth-order valence-electron chi connectivity index (χ4n) is 1.64. The zero-order valence-corrected chi connectivity index (χ0v) is 10.1. The average molecular weight is 244 g/mol. The molecule has 0 saturated heterocycles. The van der Waals surface area contributed by atoms with E-state index < -0.39 is 11.4 Å². The molecule has 0 heterocycles. The summed E-state index contributed by atoms with van der Waals surface area (Å²) in [5.41, 5.74) is -0.730. The van der Waals surface area contributed by atoms with Crippen molar-refractivity contribution in [1.82, 2.24) is 10.2 Å². The molecule has 6 nitrogen and oxygen atoms in total. The molecule has 3 N–H and O–H groups in total. The van der Waals surface area contributed by atoms with Gasteiger partial charge in [-0.3, -0.25) is 4.79 Å². The van der Waals surface area contributed by atoms with E-state index in [1.807, 2.05) is 6.92 Å². The van der Waals surface area contributed by atoms with Crippen LogP contribution >= 0.6 is 0 Å². The van der Waals surface area contributed by atoms with Gasteiger partial charge in [-0.1, -0.05) is 0 Å². The summed E-state index contributed by atoms with van der Waals surface area (Å²) in [6.45, 7) is 3.12. The van der Waals surface area contributed by atoms with E-state index in [-0.39, 0.29) is 19.2 Å². The first-order valence-corrected chi connectivity index (χ1v) is 5.93. The first kappa shape index (κ1) is 13.8. The van der Waals surface area contributed by atoms with Crippen LogP contribution in [0.2, 0.25) is 0 Å². The minimum absolute atomic E-state index is 0.0445. The highest BCUT2D eigenvalue weighted by atomic mass is 16.4. The topological polar surface area (TPSA) is 89.9 Å². The highest BCUT2D eigenvalue weighted by Crippen LogP contribution is 2.45. The Kier molecular flexibility index (Phi) is 4.74. The SMILES string of the molecule is CCN(CCCO)C(=O)NCC1(C(=O)O)CC1. The Balaban J connectivity index is 2.35. The first-order valence-electron chi connectivity index (χ1n) is 5.93. The van der Waals surface area contributed by atoms with Crippen LogP contribution in [0.4, 0.5) is 4.79 Å². The van der Waals surface area contributed by atoms with E-state index in [0.29, 0.717) is 32.4 Å². The monoisotopic (exact) mass is 244 g/mol. The molecule has 0 aromatic rings. The number of urea groups is 1. The van der Waals surface area contributed by atoms with Crippen LogP contribution in [0.5, 0.6) is 0 Å². The van der Waals surface area contributed by atoms with E-state index in [9.17, 15) is 9.59 Å². The van der Waals surface area contributed by atoms with Gasteiger partial charge in [0, 0.05) is 26.2 Å². The lowest BCUT2D eigenvalue weighted by molar-refractivity contribution is -0.143. The van der Waals surface area contributed by atoms with Crippen molar-refractivity contribution < 1.29 is 19.8 Å². The Morgan fingerprint density at radius 1 is 1.41 bits per heavy atom. The molecule has 6 heteroatoms. The van der Waals surface area contributed by atoms with Crippen LogP contribution in [-0.2, 0) is 4.79 Å². The maximum Gasteiger partial charge on any atom is 0.317 e. The molecule has 1 saturated carbocycles. The van der Waals surface area contributed by atoms with Gasteiger partial charge in [0.2, 0.25) is 0 Å². The van der Waals surface area contributed by atoms with E-state index in [2.05, 4.69) is 5.32 Å². The molecule has 0 unspecified atom stereocenters. The van der Waals surface area contributed by atoms with Crippen molar-refractivity contribution in [2.75, 3.05) is 26.2 Å². The number of rotatable bonds is 7. The van der Waals surface area contributed by atoms with Gasteiger partial charge in [-0.25, -0.2) is 4.79 Å². The Labute approximate surface area is 101 Å². The summed E-state index contributed by atoms with van der Waals surface area (Å²) in [6, 6.07) is -0.256. The van der Waals surface area contributed by atoms with Crippen LogP contribution in [0.25, 0.3) is 0 Å². The normalized spacial score (nSPS) is 16.4. The summed E-state index contributed by atoms with van der Waals surface area (Å²) >= 11 is 0. The molecule has 1 fully saturated rings. The van der Waals surface area contributed by atoms with Gasteiger partial charge in [0.1, 0.15) is 0 Å². The number of carboxylic acids is 1. The van der Waals surface area contributed by atoms with Crippen molar-refractivity contribution in [1.29, 1.82) is 0 Å². The largest absolute Gasteiger partial charge is 0.481 e. The first-order chi connectivity index (χ1) is 8.05. The van der Waals surface area contributed by atoms with Crippen molar-refractivity contribution in [2.24, 2.45) is 5.41 Å². The number of hydrogen-bond donors (Lipinski definition) is 3. The number of carbonyl (C=O) groups excluding carboxylic acids is 1. The number of amides is 2. The molecule has 1 rings (SSSR count). The zero-order valence-electron chi connectivity index (χ0n) is 10.1. The van der Waals surface area contributed by atoms with Crippen molar-refractivity contribution in [3.05, 3.63) is 0 Å². The third kappa shape index (κ3) is 3.59. The number of aliphatic hydroxyl groups excluding tert-OH is 1. The maximum absolute atomic E-state index is 11.7. The van der Waals surface area contributed by atoms with Crippen molar-refractivity contribution in [3.63, 3.8) is 0 Å². The summed E-state index contributed by atoms with van der Waals surface area (Å²) < 4.78 is 0. The second-order valence-corrected chi connectivity index (χ2v) is 4.40. The predicted molar refractivity (Wildman–Crippen MR) is 61.7 cm³/mol. The maximum atomic E-state index is 11.7. The number of aliphatic hydroxyl groups is 1. The molecule has 1 aliphatic rings. The van der Waals surface area contributed by atoms with Gasteiger partial charge in [-0.2, -0.15) is 0 Å². The molecule has 0 aromatic carbocycles. The third-order valence-corrected chi connectivity index (χ3v) is 3.14. The lowest BCUT2D eigenvalue weighted by Crippen LogP contribution is -2.44. The highest BCUT2D eigenvalue weighted by Gasteiger charge is 2.50. The van der Waals surface area contributed by atoms with Gasteiger partial charge in [0.25, 0.3) is 0 Å². The molecular formula is C11H20N2O4. The predicted octanol–water partition coefficient (Wildman–Crippen LogP) is 0.265. The fourth-order valence-corrected chi connectivity index (χ4v) is 1.64. The highest BCUT2D eigenvalue weighted by molar-refractivity contribution is 5.80. The summed E-state index contributed by atoms with van der Waals surface area (Å²) in [4.78, 5) is 24.2. The Morgan fingerprint density at radius 2 is 2.06 bits per heavy atom. The lowest BCUT2D eigenvalue weighted by atomic mass is 10.1. The Hall–Kier alpha value is -1.30. The Morgan fingerprint density at radius 3 is 2.47 bits per heavy atom. The standard InChI is InChI=1S/C11H20N2O4/c1-2-13(6-3-7-14)10(17)12-8-11(4-5-11)9(15)16/h14H,2-8H2,1H3,(H,12,17)(H,15,16). The number of nitrogens with one attached hydrogen (secondary N) is 1. The van der Waals surface area contributed by atoms with Crippen LogP contribution in [0.1, 0.15) is 26.2 Å². The van der Waals surface area contributed by atoms with Gasteiger partial charge in [-0.15, -0.1) is 0 Å². The van der Waals surface area contributed by atoms with Crippen molar-refractivity contribution >= 4 is 12.0 Å². The molecule has 98 valence electrons. The summed E-state index contributed by atoms with van der Waals surface area (Å²) in [7, 11) is 0. The minimum atomic E-state index is -0.837. The second kappa shape index (κ2) is 5.86. The minimum Gasteiger partial charge on any atom is -0.481 e. The van der Waals surface area contributed by atoms with E-state index >= 15 is 0 Å². The molecular weight excluding hydrogens is 224 g/mol. The second-order valence-electron chi connectivity index (χ2n) is 4.40.